The summed E-state index contributed by atoms with van der Waals surface area (Å²) in [5.74, 6) is -0.928. The third kappa shape index (κ3) is 5.20. The Morgan fingerprint density at radius 1 is 1.12 bits per heavy atom. The zero-order chi connectivity index (χ0) is 12.9. The van der Waals surface area contributed by atoms with Gasteiger partial charge >= 0.3 is 5.97 Å². The van der Waals surface area contributed by atoms with Crippen LogP contribution in [0.4, 0.5) is 0 Å². The van der Waals surface area contributed by atoms with Gasteiger partial charge in [-0.25, -0.2) is 0 Å². The second kappa shape index (κ2) is 6.57. The van der Waals surface area contributed by atoms with Crippen molar-refractivity contribution >= 4 is 11.8 Å². The fraction of sp³-hybridized carbons (Fsp3) is 0.800. The zero-order valence-corrected chi connectivity index (χ0v) is 9.97. The number of nitrogens with two attached hydrogens (primary N) is 3. The molecule has 0 unspecified atom stereocenters. The average molecular weight is 231 g/mol. The summed E-state index contributed by atoms with van der Waals surface area (Å²) in [5.41, 5.74) is 16.2. The number of ketones is 1. The second-order valence-corrected chi connectivity index (χ2v) is 4.28. The van der Waals surface area contributed by atoms with E-state index in [0.29, 0.717) is 6.42 Å². The minimum atomic E-state index is -1.33. The summed E-state index contributed by atoms with van der Waals surface area (Å²) in [4.78, 5) is 22.7. The van der Waals surface area contributed by atoms with Crippen LogP contribution in [0.1, 0.15) is 27.2 Å². The van der Waals surface area contributed by atoms with Gasteiger partial charge in [0.05, 0.1) is 6.04 Å². The van der Waals surface area contributed by atoms with Gasteiger partial charge in [-0.15, -0.1) is 0 Å². The first-order valence-corrected chi connectivity index (χ1v) is 5.26. The lowest BCUT2D eigenvalue weighted by molar-refractivity contribution is -0.156. The van der Waals surface area contributed by atoms with Crippen molar-refractivity contribution in [2.75, 3.05) is 0 Å². The Labute approximate surface area is 95.5 Å². The SMILES string of the molecule is CC(C)C[C@H](N)C(=O)O[C@@H](N)C(=O)[C@H](C)N. The molecule has 0 rings (SSSR count). The average Bonchev–Trinajstić information content (AvgIpc) is 2.14. The Kier molecular flexibility index (Phi) is 6.17. The number of Topliss-reactive ketones (excluding diaryl/α,β-unsaturated/α-hetero) is 1. The molecule has 0 amide bonds. The highest BCUT2D eigenvalue weighted by atomic mass is 16.6. The molecule has 0 fully saturated rings. The molecule has 6 nitrogen and oxygen atoms in total. The van der Waals surface area contributed by atoms with E-state index in [4.69, 9.17) is 21.9 Å². The van der Waals surface area contributed by atoms with E-state index >= 15 is 0 Å². The standard InChI is InChI=1S/C10H21N3O3/c1-5(2)4-7(12)10(15)16-9(13)8(14)6(3)11/h5-7,9H,4,11-13H2,1-3H3/t6-,7-,9+/m0/s1. The van der Waals surface area contributed by atoms with Gasteiger partial charge in [-0.05, 0) is 19.3 Å². The van der Waals surface area contributed by atoms with Gasteiger partial charge in [0, 0.05) is 0 Å². The van der Waals surface area contributed by atoms with E-state index in [9.17, 15) is 9.59 Å². The number of hydrogen-bond acceptors (Lipinski definition) is 6. The minimum Gasteiger partial charge on any atom is -0.438 e. The fourth-order valence-corrected chi connectivity index (χ4v) is 1.13. The van der Waals surface area contributed by atoms with Crippen LogP contribution in [0, 0.1) is 5.92 Å². The molecule has 6 N–H and O–H groups in total. The van der Waals surface area contributed by atoms with Crippen LogP contribution < -0.4 is 17.2 Å². The number of ether oxygens (including phenoxy) is 1. The molecular weight excluding hydrogens is 210 g/mol. The van der Waals surface area contributed by atoms with Gasteiger partial charge in [0.1, 0.15) is 6.04 Å². The van der Waals surface area contributed by atoms with Gasteiger partial charge in [0.25, 0.3) is 0 Å². The van der Waals surface area contributed by atoms with E-state index in [0.717, 1.165) is 0 Å². The van der Waals surface area contributed by atoms with Gasteiger partial charge in [-0.3, -0.25) is 15.3 Å². The number of rotatable bonds is 6. The van der Waals surface area contributed by atoms with Crippen molar-refractivity contribution in [1.29, 1.82) is 0 Å². The third-order valence-corrected chi connectivity index (χ3v) is 2.00. The van der Waals surface area contributed by atoms with E-state index in [2.05, 4.69) is 0 Å². The van der Waals surface area contributed by atoms with E-state index in [1.54, 1.807) is 0 Å². The molecular formula is C10H21N3O3. The fourth-order valence-electron chi connectivity index (χ4n) is 1.13. The van der Waals surface area contributed by atoms with Gasteiger partial charge in [0.2, 0.25) is 12.0 Å². The molecule has 0 saturated heterocycles. The Morgan fingerprint density at radius 3 is 2.00 bits per heavy atom. The Balaban J connectivity index is 4.18. The first-order chi connectivity index (χ1) is 7.25. The molecule has 0 aliphatic heterocycles. The molecule has 16 heavy (non-hydrogen) atoms. The van der Waals surface area contributed by atoms with Crippen molar-refractivity contribution in [2.45, 2.75) is 45.5 Å². The molecule has 0 heterocycles. The molecule has 0 saturated carbocycles. The molecule has 0 aliphatic carbocycles. The molecule has 0 aromatic heterocycles. The molecule has 0 radical (unpaired) electrons. The normalized spacial score (nSPS) is 16.7. The van der Waals surface area contributed by atoms with Gasteiger partial charge in [-0.1, -0.05) is 13.8 Å². The summed E-state index contributed by atoms with van der Waals surface area (Å²) in [5, 5.41) is 0. The number of esters is 1. The summed E-state index contributed by atoms with van der Waals surface area (Å²) in [7, 11) is 0. The van der Waals surface area contributed by atoms with Gasteiger partial charge < -0.3 is 16.2 Å². The summed E-state index contributed by atoms with van der Waals surface area (Å²) in [6, 6.07) is -1.52. The molecule has 0 aromatic carbocycles. The van der Waals surface area contributed by atoms with E-state index in [1.165, 1.54) is 6.92 Å². The molecule has 0 aliphatic rings. The summed E-state index contributed by atoms with van der Waals surface area (Å²) >= 11 is 0. The van der Waals surface area contributed by atoms with Crippen molar-refractivity contribution in [3.63, 3.8) is 0 Å². The highest BCUT2D eigenvalue weighted by Gasteiger charge is 2.24. The van der Waals surface area contributed by atoms with Crippen LogP contribution in [0.25, 0.3) is 0 Å². The zero-order valence-electron chi connectivity index (χ0n) is 9.97. The maximum Gasteiger partial charge on any atom is 0.324 e. The first-order valence-electron chi connectivity index (χ1n) is 5.26. The highest BCUT2D eigenvalue weighted by molar-refractivity contribution is 5.89. The molecule has 0 bridgehead atoms. The predicted octanol–water partition coefficient (Wildman–Crippen LogP) is -0.896. The molecule has 3 atom stereocenters. The number of carbonyl (C=O) groups is 2. The van der Waals surface area contributed by atoms with Crippen molar-refractivity contribution in [2.24, 2.45) is 23.1 Å². The van der Waals surface area contributed by atoms with Crippen LogP contribution in [0.5, 0.6) is 0 Å². The minimum absolute atomic E-state index is 0.267. The Morgan fingerprint density at radius 2 is 1.62 bits per heavy atom. The summed E-state index contributed by atoms with van der Waals surface area (Å²) < 4.78 is 4.72. The lowest BCUT2D eigenvalue weighted by Gasteiger charge is -2.17. The van der Waals surface area contributed by atoms with Gasteiger partial charge in [0.15, 0.2) is 0 Å². The molecule has 94 valence electrons. The summed E-state index contributed by atoms with van der Waals surface area (Å²) in [6.45, 7) is 5.34. The predicted molar refractivity (Wildman–Crippen MR) is 60.2 cm³/mol. The van der Waals surface area contributed by atoms with Crippen molar-refractivity contribution in [1.82, 2.24) is 0 Å². The number of hydrogen-bond donors (Lipinski definition) is 3. The van der Waals surface area contributed by atoms with Gasteiger partial charge in [-0.2, -0.15) is 0 Å². The van der Waals surface area contributed by atoms with Crippen molar-refractivity contribution in [3.8, 4) is 0 Å². The number of carbonyl (C=O) groups excluding carboxylic acids is 2. The maximum absolute atomic E-state index is 11.4. The molecule has 0 spiro atoms. The second-order valence-electron chi connectivity index (χ2n) is 4.28. The third-order valence-electron chi connectivity index (χ3n) is 2.00. The first kappa shape index (κ1) is 15.0. The van der Waals surface area contributed by atoms with Crippen LogP contribution in [0.2, 0.25) is 0 Å². The molecule has 6 heteroatoms. The van der Waals surface area contributed by atoms with Crippen LogP contribution in [-0.4, -0.2) is 30.1 Å². The Bertz CT molecular complexity index is 254. The quantitative estimate of drug-likeness (QED) is 0.402. The topological polar surface area (TPSA) is 121 Å². The smallest absolute Gasteiger partial charge is 0.324 e. The largest absolute Gasteiger partial charge is 0.438 e. The lowest BCUT2D eigenvalue weighted by Crippen LogP contribution is -2.47. The lowest BCUT2D eigenvalue weighted by atomic mass is 10.0. The molecule has 0 aromatic rings. The van der Waals surface area contributed by atoms with Crippen LogP contribution in [-0.2, 0) is 14.3 Å². The van der Waals surface area contributed by atoms with E-state index < -0.39 is 30.1 Å². The van der Waals surface area contributed by atoms with E-state index in [-0.39, 0.29) is 5.92 Å². The van der Waals surface area contributed by atoms with E-state index in [1.807, 2.05) is 13.8 Å². The van der Waals surface area contributed by atoms with Crippen LogP contribution in [0.3, 0.4) is 0 Å². The summed E-state index contributed by atoms with van der Waals surface area (Å²) in [6.07, 6.45) is -0.844. The Hall–Kier alpha value is -0.980. The van der Waals surface area contributed by atoms with Crippen LogP contribution in [0.15, 0.2) is 0 Å². The monoisotopic (exact) mass is 231 g/mol. The van der Waals surface area contributed by atoms with Crippen molar-refractivity contribution in [3.05, 3.63) is 0 Å². The maximum atomic E-state index is 11.4. The van der Waals surface area contributed by atoms with Crippen molar-refractivity contribution < 1.29 is 14.3 Å². The van der Waals surface area contributed by atoms with Crippen LogP contribution >= 0.6 is 0 Å². The highest BCUT2D eigenvalue weighted by Crippen LogP contribution is 2.05.